The summed E-state index contributed by atoms with van der Waals surface area (Å²) in [5, 5.41) is 0. The van der Waals surface area contributed by atoms with Crippen molar-refractivity contribution >= 4 is 11.9 Å². The Labute approximate surface area is 135 Å². The highest BCUT2D eigenvalue weighted by Gasteiger charge is 2.16. The first-order valence-corrected chi connectivity index (χ1v) is 8.86. The zero-order valence-corrected chi connectivity index (χ0v) is 14.9. The standard InChI is InChI=1S/C18H34O4/c1-5-7-8-11-14-21-17(19)12-9-10-13-18(20)22-16(6-2)15(3)4/h15-16H,5-14H2,1-4H3. The molecule has 22 heavy (non-hydrogen) atoms. The molecule has 0 fully saturated rings. The van der Waals surface area contributed by atoms with Crippen LogP contribution in [0, 0.1) is 5.92 Å². The molecule has 0 N–H and O–H groups in total. The third-order valence-electron chi connectivity index (χ3n) is 3.70. The van der Waals surface area contributed by atoms with Crippen molar-refractivity contribution in [3.8, 4) is 0 Å². The predicted molar refractivity (Wildman–Crippen MR) is 88.6 cm³/mol. The fourth-order valence-electron chi connectivity index (χ4n) is 2.24. The average molecular weight is 314 g/mol. The van der Waals surface area contributed by atoms with Crippen LogP contribution >= 0.6 is 0 Å². The lowest BCUT2D eigenvalue weighted by atomic mass is 10.1. The molecule has 0 aromatic rings. The van der Waals surface area contributed by atoms with Crippen LogP contribution in [0.1, 0.15) is 85.5 Å². The van der Waals surface area contributed by atoms with E-state index in [0.717, 1.165) is 19.3 Å². The maximum Gasteiger partial charge on any atom is 0.306 e. The molecule has 0 saturated carbocycles. The van der Waals surface area contributed by atoms with E-state index in [1.807, 2.05) is 6.92 Å². The molecule has 0 saturated heterocycles. The zero-order valence-electron chi connectivity index (χ0n) is 14.9. The molecular weight excluding hydrogens is 280 g/mol. The Morgan fingerprint density at radius 2 is 1.50 bits per heavy atom. The molecule has 0 bridgehead atoms. The fraction of sp³-hybridized carbons (Fsp3) is 0.889. The summed E-state index contributed by atoms with van der Waals surface area (Å²) < 4.78 is 10.6. The first-order chi connectivity index (χ1) is 10.5. The van der Waals surface area contributed by atoms with Gasteiger partial charge in [0.2, 0.25) is 0 Å². The number of unbranched alkanes of at least 4 members (excludes halogenated alkanes) is 4. The van der Waals surface area contributed by atoms with Gasteiger partial charge in [-0.05, 0) is 31.6 Å². The molecule has 0 aromatic carbocycles. The summed E-state index contributed by atoms with van der Waals surface area (Å²) in [5.41, 5.74) is 0. The number of carbonyl (C=O) groups excluding carboxylic acids is 2. The minimum absolute atomic E-state index is 0.000543. The van der Waals surface area contributed by atoms with Gasteiger partial charge in [-0.3, -0.25) is 9.59 Å². The lowest BCUT2D eigenvalue weighted by molar-refractivity contribution is -0.152. The minimum Gasteiger partial charge on any atom is -0.466 e. The maximum atomic E-state index is 11.7. The normalized spacial score (nSPS) is 12.2. The van der Waals surface area contributed by atoms with Crippen LogP contribution in [0.2, 0.25) is 0 Å². The second-order valence-electron chi connectivity index (χ2n) is 6.17. The highest BCUT2D eigenvalue weighted by Crippen LogP contribution is 2.12. The first kappa shape index (κ1) is 20.9. The Balaban J connectivity index is 3.58. The van der Waals surface area contributed by atoms with Gasteiger partial charge in [-0.2, -0.15) is 0 Å². The van der Waals surface area contributed by atoms with Crippen molar-refractivity contribution in [2.45, 2.75) is 91.6 Å². The van der Waals surface area contributed by atoms with Crippen molar-refractivity contribution in [2.24, 2.45) is 5.92 Å². The van der Waals surface area contributed by atoms with Crippen LogP contribution in [-0.4, -0.2) is 24.6 Å². The lowest BCUT2D eigenvalue weighted by Crippen LogP contribution is -2.22. The van der Waals surface area contributed by atoms with E-state index in [0.29, 0.717) is 38.2 Å². The molecule has 0 aliphatic carbocycles. The number of hydrogen-bond acceptors (Lipinski definition) is 4. The van der Waals surface area contributed by atoms with Gasteiger partial charge in [0, 0.05) is 12.8 Å². The molecular formula is C18H34O4. The van der Waals surface area contributed by atoms with Gasteiger partial charge < -0.3 is 9.47 Å². The van der Waals surface area contributed by atoms with Crippen molar-refractivity contribution in [3.05, 3.63) is 0 Å². The van der Waals surface area contributed by atoms with Crippen molar-refractivity contribution in [2.75, 3.05) is 6.61 Å². The summed E-state index contributed by atoms with van der Waals surface area (Å²) in [6.07, 6.45) is 7.40. The topological polar surface area (TPSA) is 52.6 Å². The van der Waals surface area contributed by atoms with Gasteiger partial charge in [-0.1, -0.05) is 47.0 Å². The third-order valence-corrected chi connectivity index (χ3v) is 3.70. The highest BCUT2D eigenvalue weighted by atomic mass is 16.5. The Bertz CT molecular complexity index is 299. The second-order valence-corrected chi connectivity index (χ2v) is 6.17. The van der Waals surface area contributed by atoms with Crippen LogP contribution in [0.25, 0.3) is 0 Å². The number of esters is 2. The van der Waals surface area contributed by atoms with E-state index in [4.69, 9.17) is 9.47 Å². The fourth-order valence-corrected chi connectivity index (χ4v) is 2.24. The van der Waals surface area contributed by atoms with Crippen molar-refractivity contribution in [1.82, 2.24) is 0 Å². The molecule has 0 heterocycles. The van der Waals surface area contributed by atoms with E-state index >= 15 is 0 Å². The number of rotatable bonds is 13. The smallest absolute Gasteiger partial charge is 0.306 e. The monoisotopic (exact) mass is 314 g/mol. The van der Waals surface area contributed by atoms with Crippen molar-refractivity contribution < 1.29 is 19.1 Å². The first-order valence-electron chi connectivity index (χ1n) is 8.86. The van der Waals surface area contributed by atoms with E-state index in [1.165, 1.54) is 12.8 Å². The Kier molecular flexibility index (Phi) is 12.9. The van der Waals surface area contributed by atoms with Crippen molar-refractivity contribution in [1.29, 1.82) is 0 Å². The van der Waals surface area contributed by atoms with E-state index in [-0.39, 0.29) is 18.0 Å². The number of hydrogen-bond donors (Lipinski definition) is 0. The lowest BCUT2D eigenvalue weighted by Gasteiger charge is -2.19. The Morgan fingerprint density at radius 3 is 2.05 bits per heavy atom. The molecule has 1 atom stereocenters. The molecule has 0 aliphatic rings. The molecule has 0 aliphatic heterocycles. The predicted octanol–water partition coefficient (Wildman–Crippen LogP) is 4.65. The number of ether oxygens (including phenoxy) is 2. The highest BCUT2D eigenvalue weighted by molar-refractivity contribution is 5.70. The summed E-state index contributed by atoms with van der Waals surface area (Å²) in [6.45, 7) is 8.80. The van der Waals surface area contributed by atoms with Crippen LogP contribution in [0.15, 0.2) is 0 Å². The Hall–Kier alpha value is -1.06. The van der Waals surface area contributed by atoms with Crippen LogP contribution < -0.4 is 0 Å². The number of carbonyl (C=O) groups is 2. The van der Waals surface area contributed by atoms with Crippen molar-refractivity contribution in [3.63, 3.8) is 0 Å². The van der Waals surface area contributed by atoms with E-state index in [9.17, 15) is 9.59 Å². The molecule has 0 radical (unpaired) electrons. The SMILES string of the molecule is CCCCCCOC(=O)CCCCC(=O)OC(CC)C(C)C. The van der Waals surface area contributed by atoms with Gasteiger partial charge in [0.05, 0.1) is 6.61 Å². The minimum atomic E-state index is -0.159. The van der Waals surface area contributed by atoms with Gasteiger partial charge in [0.1, 0.15) is 6.10 Å². The molecule has 0 aromatic heterocycles. The van der Waals surface area contributed by atoms with Gasteiger partial charge in [0.25, 0.3) is 0 Å². The Morgan fingerprint density at radius 1 is 0.864 bits per heavy atom. The summed E-state index contributed by atoms with van der Waals surface area (Å²) in [5.74, 6) is 0.0311. The molecule has 130 valence electrons. The zero-order chi connectivity index (χ0) is 16.8. The maximum absolute atomic E-state index is 11.7. The average Bonchev–Trinajstić information content (AvgIpc) is 2.48. The largest absolute Gasteiger partial charge is 0.466 e. The van der Waals surface area contributed by atoms with Gasteiger partial charge in [-0.25, -0.2) is 0 Å². The summed E-state index contributed by atoms with van der Waals surface area (Å²) in [6, 6.07) is 0. The second kappa shape index (κ2) is 13.6. The summed E-state index contributed by atoms with van der Waals surface area (Å²) in [7, 11) is 0. The van der Waals surface area contributed by atoms with Crippen LogP contribution in [0.3, 0.4) is 0 Å². The van der Waals surface area contributed by atoms with E-state index in [2.05, 4.69) is 20.8 Å². The molecule has 0 spiro atoms. The molecule has 0 rings (SSSR count). The molecule has 4 nitrogen and oxygen atoms in total. The van der Waals surface area contributed by atoms with Gasteiger partial charge in [-0.15, -0.1) is 0 Å². The van der Waals surface area contributed by atoms with Gasteiger partial charge in [0.15, 0.2) is 0 Å². The van der Waals surface area contributed by atoms with Crippen LogP contribution in [0.5, 0.6) is 0 Å². The van der Waals surface area contributed by atoms with Gasteiger partial charge >= 0.3 is 11.9 Å². The van der Waals surface area contributed by atoms with E-state index < -0.39 is 0 Å². The van der Waals surface area contributed by atoms with Crippen LogP contribution in [0.4, 0.5) is 0 Å². The molecule has 4 heteroatoms. The third kappa shape index (κ3) is 11.6. The molecule has 1 unspecified atom stereocenters. The van der Waals surface area contributed by atoms with Crippen LogP contribution in [-0.2, 0) is 19.1 Å². The quantitative estimate of drug-likeness (QED) is 0.367. The summed E-state index contributed by atoms with van der Waals surface area (Å²) in [4.78, 5) is 23.2. The van der Waals surface area contributed by atoms with E-state index in [1.54, 1.807) is 0 Å². The molecule has 0 amide bonds. The summed E-state index contributed by atoms with van der Waals surface area (Å²) >= 11 is 0.